The Hall–Kier alpha value is -2.39. The Bertz CT molecular complexity index is 1030. The van der Waals surface area contributed by atoms with Gasteiger partial charge < -0.3 is 19.6 Å². The summed E-state index contributed by atoms with van der Waals surface area (Å²) in [5.74, 6) is -0.868. The molecule has 140 valence electrons. The van der Waals surface area contributed by atoms with Crippen molar-refractivity contribution >= 4 is 26.7 Å². The van der Waals surface area contributed by atoms with Gasteiger partial charge >= 0.3 is 5.63 Å². The molecule has 2 heterocycles. The van der Waals surface area contributed by atoms with Crippen LogP contribution in [0.2, 0.25) is 0 Å². The third kappa shape index (κ3) is 3.73. The number of aryl methyl sites for hydroxylation is 1. The van der Waals surface area contributed by atoms with Crippen molar-refractivity contribution in [3.05, 3.63) is 39.7 Å². The zero-order valence-corrected chi connectivity index (χ0v) is 15.1. The average molecular weight is 381 g/mol. The minimum Gasteiger partial charge on any atom is -0.484 e. The maximum atomic E-state index is 11.9. The first-order valence-corrected chi connectivity index (χ1v) is 9.83. The monoisotopic (exact) mass is 381 g/mol. The van der Waals surface area contributed by atoms with E-state index in [4.69, 9.17) is 9.15 Å². The van der Waals surface area contributed by atoms with Crippen LogP contribution in [0.25, 0.3) is 11.0 Å². The average Bonchev–Trinajstić information content (AvgIpc) is 2.82. The highest BCUT2D eigenvalue weighted by Gasteiger charge is 2.37. The smallest absolute Gasteiger partial charge is 0.339 e. The second-order valence-electron chi connectivity index (χ2n) is 6.40. The molecule has 26 heavy (non-hydrogen) atoms. The maximum absolute atomic E-state index is 11.9. The normalized spacial score (nSPS) is 21.7. The van der Waals surface area contributed by atoms with Crippen molar-refractivity contribution in [2.24, 2.45) is 0 Å². The lowest BCUT2D eigenvalue weighted by Crippen LogP contribution is -2.44. The summed E-state index contributed by atoms with van der Waals surface area (Å²) in [4.78, 5) is 23.7. The molecule has 1 fully saturated rings. The maximum Gasteiger partial charge on any atom is 0.339 e. The predicted molar refractivity (Wildman–Crippen MR) is 94.0 cm³/mol. The summed E-state index contributed by atoms with van der Waals surface area (Å²) in [7, 11) is -3.34. The minimum atomic E-state index is -3.34. The number of sulfone groups is 1. The van der Waals surface area contributed by atoms with Crippen LogP contribution in [0.1, 0.15) is 11.1 Å². The van der Waals surface area contributed by atoms with Crippen LogP contribution in [0.5, 0.6) is 5.75 Å². The molecular formula is C17H19NO7S. The number of aliphatic hydroxyl groups is 1. The fraction of sp³-hybridized carbons (Fsp3) is 0.412. The molecular weight excluding hydrogens is 362 g/mol. The number of rotatable bonds is 4. The number of fused-ring (bicyclic) bond motifs is 1. The number of ether oxygens (including phenoxy) is 1. The molecule has 1 saturated heterocycles. The number of amides is 1. The van der Waals surface area contributed by atoms with E-state index in [-0.39, 0.29) is 18.1 Å². The Labute approximate surface area is 149 Å². The molecule has 2 unspecified atom stereocenters. The summed E-state index contributed by atoms with van der Waals surface area (Å²) >= 11 is 0. The first-order chi connectivity index (χ1) is 12.2. The van der Waals surface area contributed by atoms with Gasteiger partial charge in [-0.05, 0) is 31.5 Å². The molecule has 1 amide bonds. The van der Waals surface area contributed by atoms with Gasteiger partial charge in [-0.15, -0.1) is 0 Å². The number of hydrogen-bond acceptors (Lipinski definition) is 7. The Morgan fingerprint density at radius 2 is 2.04 bits per heavy atom. The van der Waals surface area contributed by atoms with E-state index < -0.39 is 33.5 Å². The minimum absolute atomic E-state index is 0.292. The van der Waals surface area contributed by atoms with Gasteiger partial charge in [-0.2, -0.15) is 0 Å². The third-order valence-electron chi connectivity index (χ3n) is 4.47. The van der Waals surface area contributed by atoms with Gasteiger partial charge in [0.1, 0.15) is 11.3 Å². The molecule has 1 aromatic carbocycles. The molecule has 2 atom stereocenters. The Morgan fingerprint density at radius 1 is 1.31 bits per heavy atom. The Kier molecular flexibility index (Phi) is 4.76. The summed E-state index contributed by atoms with van der Waals surface area (Å²) in [6.45, 7) is 3.15. The number of aliphatic hydroxyl groups excluding tert-OH is 1. The zero-order chi connectivity index (χ0) is 19.1. The first kappa shape index (κ1) is 18.4. The van der Waals surface area contributed by atoms with Crippen molar-refractivity contribution < 1.29 is 27.5 Å². The molecule has 1 aliphatic heterocycles. The molecule has 0 saturated carbocycles. The van der Waals surface area contributed by atoms with Gasteiger partial charge in [0.05, 0.1) is 23.7 Å². The van der Waals surface area contributed by atoms with Gasteiger partial charge in [0.2, 0.25) is 0 Å². The Morgan fingerprint density at radius 3 is 2.69 bits per heavy atom. The number of carbonyl (C=O) groups is 1. The van der Waals surface area contributed by atoms with Crippen LogP contribution in [0.4, 0.5) is 0 Å². The van der Waals surface area contributed by atoms with Crippen molar-refractivity contribution in [1.82, 2.24) is 5.32 Å². The van der Waals surface area contributed by atoms with E-state index in [1.54, 1.807) is 19.1 Å². The van der Waals surface area contributed by atoms with Crippen molar-refractivity contribution in [2.45, 2.75) is 26.0 Å². The fourth-order valence-corrected chi connectivity index (χ4v) is 4.62. The molecule has 1 aromatic heterocycles. The van der Waals surface area contributed by atoms with Crippen LogP contribution < -0.4 is 15.7 Å². The summed E-state index contributed by atoms with van der Waals surface area (Å²) in [5.41, 5.74) is 1.28. The topological polar surface area (TPSA) is 123 Å². The molecule has 2 aromatic rings. The van der Waals surface area contributed by atoms with E-state index in [9.17, 15) is 23.1 Å². The van der Waals surface area contributed by atoms with Crippen LogP contribution in [0.3, 0.4) is 0 Å². The molecule has 9 heteroatoms. The zero-order valence-electron chi connectivity index (χ0n) is 14.3. The number of carbonyl (C=O) groups excluding carboxylic acids is 1. The molecule has 0 spiro atoms. The highest BCUT2D eigenvalue weighted by atomic mass is 32.2. The van der Waals surface area contributed by atoms with Gasteiger partial charge in [-0.3, -0.25) is 4.79 Å². The van der Waals surface area contributed by atoms with Crippen molar-refractivity contribution in [2.75, 3.05) is 18.1 Å². The van der Waals surface area contributed by atoms with Gasteiger partial charge in [-0.1, -0.05) is 0 Å². The predicted octanol–water partition coefficient (Wildman–Crippen LogP) is 0.0627. The van der Waals surface area contributed by atoms with Crippen molar-refractivity contribution in [3.8, 4) is 5.75 Å². The lowest BCUT2D eigenvalue weighted by atomic mass is 10.1. The van der Waals surface area contributed by atoms with E-state index >= 15 is 0 Å². The molecule has 0 aliphatic carbocycles. The Balaban J connectivity index is 1.67. The number of benzene rings is 1. The van der Waals surface area contributed by atoms with Crippen LogP contribution in [-0.4, -0.2) is 49.7 Å². The summed E-state index contributed by atoms with van der Waals surface area (Å²) < 4.78 is 33.5. The van der Waals surface area contributed by atoms with Gasteiger partial charge in [0.15, 0.2) is 16.4 Å². The first-order valence-electron chi connectivity index (χ1n) is 8.01. The van der Waals surface area contributed by atoms with Crippen LogP contribution in [-0.2, 0) is 14.6 Å². The molecule has 3 rings (SSSR count). The quantitative estimate of drug-likeness (QED) is 0.718. The SMILES string of the molecule is Cc1c(C)c2ccc(OCC(=O)NC3CS(=O)(=O)CC3O)cc2oc1=O. The van der Waals surface area contributed by atoms with E-state index in [0.29, 0.717) is 16.9 Å². The van der Waals surface area contributed by atoms with Gasteiger partial charge in [0.25, 0.3) is 5.91 Å². The van der Waals surface area contributed by atoms with Crippen molar-refractivity contribution in [1.29, 1.82) is 0 Å². The lowest BCUT2D eigenvalue weighted by Gasteiger charge is -2.15. The van der Waals surface area contributed by atoms with E-state index in [1.165, 1.54) is 6.07 Å². The third-order valence-corrected chi connectivity index (χ3v) is 6.18. The van der Waals surface area contributed by atoms with Gasteiger partial charge in [-0.25, -0.2) is 13.2 Å². The summed E-state index contributed by atoms with van der Waals surface area (Å²) in [6, 6.07) is 4.07. The number of nitrogens with one attached hydrogen (secondary N) is 1. The highest BCUT2D eigenvalue weighted by Crippen LogP contribution is 2.23. The van der Waals surface area contributed by atoms with Crippen LogP contribution in [0.15, 0.2) is 27.4 Å². The molecule has 8 nitrogen and oxygen atoms in total. The second kappa shape index (κ2) is 6.73. The van der Waals surface area contributed by atoms with E-state index in [1.807, 2.05) is 6.92 Å². The summed E-state index contributed by atoms with van der Waals surface area (Å²) in [6.07, 6.45) is -1.12. The largest absolute Gasteiger partial charge is 0.484 e. The highest BCUT2D eigenvalue weighted by molar-refractivity contribution is 7.91. The number of hydrogen-bond donors (Lipinski definition) is 2. The standard InChI is InChI=1S/C17H19NO7S/c1-9-10(2)17(21)25-15-5-11(3-4-12(9)15)24-6-16(20)18-13-7-26(22,23)8-14(13)19/h3-5,13-14,19H,6-8H2,1-2H3,(H,18,20). The molecule has 0 bridgehead atoms. The molecule has 1 aliphatic rings. The van der Waals surface area contributed by atoms with Crippen LogP contribution >= 0.6 is 0 Å². The summed E-state index contributed by atoms with van der Waals surface area (Å²) in [5, 5.41) is 12.9. The van der Waals surface area contributed by atoms with Crippen LogP contribution in [0, 0.1) is 13.8 Å². The van der Waals surface area contributed by atoms with Gasteiger partial charge in [0, 0.05) is 17.0 Å². The second-order valence-corrected chi connectivity index (χ2v) is 8.56. The fourth-order valence-electron chi connectivity index (χ4n) is 2.88. The van der Waals surface area contributed by atoms with Crippen molar-refractivity contribution in [3.63, 3.8) is 0 Å². The molecule has 0 radical (unpaired) electrons. The lowest BCUT2D eigenvalue weighted by molar-refractivity contribution is -0.124. The van der Waals surface area contributed by atoms with E-state index in [0.717, 1.165) is 10.9 Å². The molecule has 2 N–H and O–H groups in total. The van der Waals surface area contributed by atoms with E-state index in [2.05, 4.69) is 5.32 Å².